The Hall–Kier alpha value is -12.2. The van der Waals surface area contributed by atoms with E-state index in [0.717, 1.165) is 101 Å². The van der Waals surface area contributed by atoms with E-state index >= 15 is 0 Å². The summed E-state index contributed by atoms with van der Waals surface area (Å²) in [4.78, 5) is 8.07. The molecule has 15 aromatic carbocycles. The lowest BCUT2D eigenvalue weighted by Gasteiger charge is -2.49. The second-order valence-electron chi connectivity index (χ2n) is 29.6. The molecule has 9 heteroatoms. The van der Waals surface area contributed by atoms with E-state index in [-0.39, 0.29) is 18.8 Å². The lowest BCUT2D eigenvalue weighted by atomic mass is 9.29. The van der Waals surface area contributed by atoms with Crippen LogP contribution in [0.1, 0.15) is 26.3 Å². The van der Waals surface area contributed by atoms with Crippen molar-refractivity contribution >= 4 is 159 Å². The molecule has 0 radical (unpaired) electrons. The number of anilines is 6. The van der Waals surface area contributed by atoms with Crippen molar-refractivity contribution in [2.24, 2.45) is 0 Å². The Bertz CT molecular complexity index is 6080. The Morgan fingerprint density at radius 3 is 1.20 bits per heavy atom. The van der Waals surface area contributed by atoms with Crippen LogP contribution in [-0.4, -0.2) is 29.3 Å². The first-order valence-electron chi connectivity index (χ1n) is 36.1. The molecule has 5 nitrogen and oxygen atoms in total. The van der Waals surface area contributed by atoms with Gasteiger partial charge >= 0.3 is 0 Å². The van der Waals surface area contributed by atoms with Crippen LogP contribution in [-0.2, 0) is 5.41 Å². The highest BCUT2D eigenvalue weighted by atomic mass is 32.2. The molecule has 0 aliphatic carbocycles. The first kappa shape index (κ1) is 57.6. The van der Waals surface area contributed by atoms with Gasteiger partial charge in [-0.3, -0.25) is 0 Å². The summed E-state index contributed by atoms with van der Waals surface area (Å²) in [5.41, 5.74) is 35.3. The van der Waals surface area contributed by atoms with Crippen LogP contribution >= 0.6 is 11.8 Å². The Labute approximate surface area is 602 Å². The Morgan fingerprint density at radius 1 is 0.311 bits per heavy atom. The maximum Gasteiger partial charge on any atom is 0.258 e. The molecule has 23 rings (SSSR count). The summed E-state index contributed by atoms with van der Waals surface area (Å²) < 4.78 is 13.5. The number of para-hydroxylation sites is 7. The van der Waals surface area contributed by atoms with Crippen molar-refractivity contribution < 1.29 is 4.74 Å². The van der Waals surface area contributed by atoms with Crippen LogP contribution in [0.2, 0.25) is 0 Å². The number of fused-ring (bicyclic) bond motifs is 20. The molecule has 17 aromatic rings. The quantitative estimate of drug-likeness (QED) is 0.155. The number of rotatable bonds is 6. The van der Waals surface area contributed by atoms with Crippen LogP contribution in [0.5, 0.6) is 11.5 Å². The van der Waals surface area contributed by atoms with Crippen molar-refractivity contribution in [1.29, 1.82) is 0 Å². The van der Waals surface area contributed by atoms with Gasteiger partial charge in [-0.2, -0.15) is 0 Å². The van der Waals surface area contributed by atoms with Gasteiger partial charge < -0.3 is 23.7 Å². The summed E-state index contributed by atoms with van der Waals surface area (Å²) >= 11 is 1.97. The molecule has 478 valence electrons. The van der Waals surface area contributed by atoms with Crippen LogP contribution in [0.25, 0.3) is 99.5 Å². The topological polar surface area (TPSA) is 25.6 Å². The zero-order valence-electron chi connectivity index (χ0n) is 56.9. The summed E-state index contributed by atoms with van der Waals surface area (Å²) in [6.07, 6.45) is 0. The first-order chi connectivity index (χ1) is 50.8. The number of aromatic nitrogens is 2. The van der Waals surface area contributed by atoms with Gasteiger partial charge in [-0.05, 0) is 125 Å². The normalized spacial score (nSPS) is 13.7. The summed E-state index contributed by atoms with van der Waals surface area (Å²) in [5, 5.41) is 5.01. The van der Waals surface area contributed by atoms with E-state index in [9.17, 15) is 0 Å². The molecule has 8 heterocycles. The summed E-state index contributed by atoms with van der Waals surface area (Å²) in [7, 11) is 0. The van der Waals surface area contributed by atoms with Gasteiger partial charge in [0, 0.05) is 98.7 Å². The standard InChI is InChI=1S/C94H61B3N4OS/c1-94(2,3)60-52-75-83-76(53-60)101(89-63(58-32-12-6-13-33-58)40-25-41-64(89)59-34-14-7-15-35-59)80-55-79-86-93(103-82-51-23-19-45-70(82)96(86)72-47-27-43-68-66-37-17-21-49-74(66)99(79)91(68)72)87(80)97(83)85-78(100(75)88-61(56-28-8-4-9-29-56)38-24-39-62(88)57-30-10-5-11-31-57)54-77-84-92(85)102-81-50-22-18-44-69(81)95(84)71-46-26-42-67-65-36-16-20-48-73(65)98(77)90(67)71/h4-55H,1-3H3. The van der Waals surface area contributed by atoms with Gasteiger partial charge in [-0.15, -0.1) is 0 Å². The molecular weight excluding hydrogens is 1270 g/mol. The highest BCUT2D eigenvalue weighted by Gasteiger charge is 2.54. The van der Waals surface area contributed by atoms with Crippen molar-refractivity contribution in [1.82, 2.24) is 9.13 Å². The second-order valence-corrected chi connectivity index (χ2v) is 30.7. The van der Waals surface area contributed by atoms with Crippen molar-refractivity contribution in [2.45, 2.75) is 36.0 Å². The Morgan fingerprint density at radius 2 is 0.689 bits per heavy atom. The van der Waals surface area contributed by atoms with Crippen LogP contribution in [0.3, 0.4) is 0 Å². The van der Waals surface area contributed by atoms with Crippen LogP contribution < -0.4 is 63.7 Å². The van der Waals surface area contributed by atoms with Crippen LogP contribution in [0.4, 0.5) is 34.1 Å². The Balaban J connectivity index is 0.965. The van der Waals surface area contributed by atoms with E-state index in [1.54, 1.807) is 0 Å². The monoisotopic (exact) mass is 1330 g/mol. The third-order valence-corrected chi connectivity index (χ3v) is 24.6. The molecule has 6 aliphatic rings. The lowest BCUT2D eigenvalue weighted by Crippen LogP contribution is -2.67. The fraction of sp³-hybridized carbons (Fsp3) is 0.0426. The highest BCUT2D eigenvalue weighted by molar-refractivity contribution is 8.00. The van der Waals surface area contributed by atoms with E-state index in [1.165, 1.54) is 108 Å². The molecule has 103 heavy (non-hydrogen) atoms. The number of benzene rings is 15. The second kappa shape index (κ2) is 21.2. The number of hydrogen-bond donors (Lipinski definition) is 0. The average Bonchev–Trinajstić information content (AvgIpc) is 1.47. The number of hydrogen-bond acceptors (Lipinski definition) is 4. The molecule has 2 aromatic heterocycles. The SMILES string of the molecule is CC(C)(C)c1cc2c3c(c1)N(c1c(-c4ccccc4)cccc1-c1ccccc1)c1cc4c5c(c1B3c1c(cc3c6c1Oc1ccccc1B6c1cccc6c7ccccc7n-3c16)N2c1c(-c2ccccc2)cccc1-c1ccccc1)Sc1ccccc1B5c1cccc2c3ccccc3n-4c12. The first-order valence-corrected chi connectivity index (χ1v) is 36.9. The fourth-order valence-electron chi connectivity index (χ4n) is 19.1. The minimum Gasteiger partial charge on any atom is -0.459 e. The summed E-state index contributed by atoms with van der Waals surface area (Å²) in [5.74, 6) is 1.80. The third kappa shape index (κ3) is 7.82. The van der Waals surface area contributed by atoms with Crippen molar-refractivity contribution in [3.63, 3.8) is 0 Å². The molecule has 0 unspecified atom stereocenters. The van der Waals surface area contributed by atoms with E-state index in [0.29, 0.717) is 0 Å². The van der Waals surface area contributed by atoms with Gasteiger partial charge in [-0.25, -0.2) is 0 Å². The van der Waals surface area contributed by atoms with Gasteiger partial charge in [0.05, 0.1) is 22.4 Å². The predicted molar refractivity (Wildman–Crippen MR) is 436 cm³/mol. The van der Waals surface area contributed by atoms with Gasteiger partial charge in [-0.1, -0.05) is 305 Å². The Kier molecular flexibility index (Phi) is 11.9. The predicted octanol–water partition coefficient (Wildman–Crippen LogP) is 18.2. The molecule has 6 aliphatic heterocycles. The fourth-order valence-corrected chi connectivity index (χ4v) is 20.5. The molecule has 0 bridgehead atoms. The molecule has 0 spiro atoms. The maximum atomic E-state index is 8.24. The van der Waals surface area contributed by atoms with Crippen molar-refractivity contribution in [3.05, 3.63) is 321 Å². The van der Waals surface area contributed by atoms with Gasteiger partial charge in [0.2, 0.25) is 6.71 Å². The average molecular weight is 1330 g/mol. The van der Waals surface area contributed by atoms with E-state index < -0.39 is 6.71 Å². The third-order valence-electron chi connectivity index (χ3n) is 23.3. The van der Waals surface area contributed by atoms with Crippen molar-refractivity contribution in [2.75, 3.05) is 9.80 Å². The van der Waals surface area contributed by atoms with Gasteiger partial charge in [0.15, 0.2) is 0 Å². The van der Waals surface area contributed by atoms with Gasteiger partial charge in [0.25, 0.3) is 13.4 Å². The van der Waals surface area contributed by atoms with Crippen LogP contribution in [0.15, 0.2) is 325 Å². The summed E-state index contributed by atoms with van der Waals surface area (Å²) in [6.45, 7) is 6.57. The zero-order chi connectivity index (χ0) is 67.7. The van der Waals surface area contributed by atoms with Crippen molar-refractivity contribution in [3.8, 4) is 67.4 Å². The maximum absolute atomic E-state index is 8.24. The summed E-state index contributed by atoms with van der Waals surface area (Å²) in [6, 6.07) is 120. The molecule has 0 amide bonds. The van der Waals surface area contributed by atoms with E-state index in [1.807, 2.05) is 11.8 Å². The van der Waals surface area contributed by atoms with E-state index in [4.69, 9.17) is 4.74 Å². The van der Waals surface area contributed by atoms with Crippen LogP contribution in [0, 0.1) is 0 Å². The zero-order valence-corrected chi connectivity index (χ0v) is 57.7. The number of nitrogens with zero attached hydrogens (tertiary/aromatic N) is 4. The molecule has 0 saturated heterocycles. The minimum absolute atomic E-state index is 0.0802. The molecule has 0 fully saturated rings. The number of ether oxygens (including phenoxy) is 1. The van der Waals surface area contributed by atoms with E-state index in [2.05, 4.69) is 355 Å². The smallest absolute Gasteiger partial charge is 0.258 e. The molecule has 0 atom stereocenters. The lowest BCUT2D eigenvalue weighted by molar-refractivity contribution is 0.491. The molecule has 0 saturated carbocycles. The minimum atomic E-state index is -0.410. The molecule has 0 N–H and O–H groups in total. The molecular formula is C94H61B3N4OS. The largest absolute Gasteiger partial charge is 0.459 e. The van der Waals surface area contributed by atoms with Gasteiger partial charge in [0.1, 0.15) is 11.5 Å². The highest BCUT2D eigenvalue weighted by Crippen LogP contribution is 2.57.